The highest BCUT2D eigenvalue weighted by atomic mass is 16.6. The van der Waals surface area contributed by atoms with E-state index in [1.807, 2.05) is 30.3 Å². The molecule has 8 heteroatoms. The van der Waals surface area contributed by atoms with Gasteiger partial charge in [0.2, 0.25) is 11.8 Å². The minimum absolute atomic E-state index is 0.0328. The van der Waals surface area contributed by atoms with Crippen molar-refractivity contribution in [3.63, 3.8) is 0 Å². The molecule has 0 spiro atoms. The first-order chi connectivity index (χ1) is 13.8. The summed E-state index contributed by atoms with van der Waals surface area (Å²) in [4.78, 5) is 34.9. The molecule has 0 fully saturated rings. The van der Waals surface area contributed by atoms with E-state index >= 15 is 0 Å². The van der Waals surface area contributed by atoms with Gasteiger partial charge in [-0.1, -0.05) is 18.2 Å². The number of alkyl carbamates (subject to hydrolysis) is 1. The van der Waals surface area contributed by atoms with Crippen LogP contribution in [0.25, 0.3) is 0 Å². The number of carbonyl (C=O) groups is 3. The van der Waals surface area contributed by atoms with Crippen LogP contribution in [0, 0.1) is 0 Å². The molecule has 0 aromatic heterocycles. The van der Waals surface area contributed by atoms with Gasteiger partial charge in [-0.05, 0) is 45.7 Å². The fourth-order valence-electron chi connectivity index (χ4n) is 2.25. The molecule has 0 aliphatic carbocycles. The number of hydrogen-bond donors (Lipinski definition) is 3. The maximum atomic E-state index is 11.7. The topological polar surface area (TPSA) is 106 Å². The quantitative estimate of drug-likeness (QED) is 0.461. The third-order valence-corrected chi connectivity index (χ3v) is 3.58. The Bertz CT molecular complexity index is 629. The van der Waals surface area contributed by atoms with E-state index in [0.717, 1.165) is 5.75 Å². The number of carbonyl (C=O) groups excluding carboxylic acids is 3. The van der Waals surface area contributed by atoms with Crippen LogP contribution in [0.15, 0.2) is 30.3 Å². The molecular formula is C21H33N3O5. The molecule has 0 radical (unpaired) electrons. The number of para-hydroxylation sites is 1. The van der Waals surface area contributed by atoms with Crippen LogP contribution in [-0.2, 0) is 14.3 Å². The Balaban J connectivity index is 1.95. The standard InChI is InChI=1S/C21H33N3O5/c1-21(2,3)29-20(27)24-15-12-19(26)23-14-8-13-22-18(25)11-7-16-28-17-9-5-4-6-10-17/h4-6,9-10H,7-8,11-16H2,1-3H3,(H,22,25)(H,23,26)(H,24,27). The molecular weight excluding hydrogens is 374 g/mol. The molecule has 8 nitrogen and oxygen atoms in total. The Morgan fingerprint density at radius 3 is 2.07 bits per heavy atom. The lowest BCUT2D eigenvalue weighted by atomic mass is 10.2. The number of benzene rings is 1. The van der Waals surface area contributed by atoms with E-state index in [1.54, 1.807) is 20.8 Å². The van der Waals surface area contributed by atoms with Crippen LogP contribution in [-0.4, -0.2) is 49.7 Å². The molecule has 0 aliphatic heterocycles. The Labute approximate surface area is 172 Å². The minimum Gasteiger partial charge on any atom is -0.494 e. The molecule has 0 unspecified atom stereocenters. The predicted octanol–water partition coefficient (Wildman–Crippen LogP) is 2.38. The lowest BCUT2D eigenvalue weighted by Crippen LogP contribution is -2.35. The summed E-state index contributed by atoms with van der Waals surface area (Å²) in [6.45, 7) is 6.98. The molecule has 1 aromatic carbocycles. The molecule has 0 saturated carbocycles. The monoisotopic (exact) mass is 407 g/mol. The third-order valence-electron chi connectivity index (χ3n) is 3.58. The van der Waals surface area contributed by atoms with Crippen molar-refractivity contribution in [2.75, 3.05) is 26.2 Å². The molecule has 0 heterocycles. The molecule has 29 heavy (non-hydrogen) atoms. The van der Waals surface area contributed by atoms with Gasteiger partial charge in [0, 0.05) is 32.5 Å². The summed E-state index contributed by atoms with van der Waals surface area (Å²) >= 11 is 0. The molecule has 3 amide bonds. The number of amides is 3. The van der Waals surface area contributed by atoms with Crippen molar-refractivity contribution in [3.05, 3.63) is 30.3 Å². The van der Waals surface area contributed by atoms with Gasteiger partial charge >= 0.3 is 6.09 Å². The van der Waals surface area contributed by atoms with Crippen LogP contribution in [0.3, 0.4) is 0 Å². The highest BCUT2D eigenvalue weighted by molar-refractivity contribution is 5.77. The van der Waals surface area contributed by atoms with Crippen molar-refractivity contribution >= 4 is 17.9 Å². The van der Waals surface area contributed by atoms with E-state index in [1.165, 1.54) is 0 Å². The van der Waals surface area contributed by atoms with Crippen molar-refractivity contribution in [3.8, 4) is 5.75 Å². The van der Waals surface area contributed by atoms with Gasteiger partial charge in [0.15, 0.2) is 0 Å². The molecule has 1 rings (SSSR count). The highest BCUT2D eigenvalue weighted by Gasteiger charge is 2.15. The van der Waals surface area contributed by atoms with Crippen LogP contribution >= 0.6 is 0 Å². The van der Waals surface area contributed by atoms with Gasteiger partial charge in [-0.25, -0.2) is 4.79 Å². The second-order valence-corrected chi connectivity index (χ2v) is 7.50. The Kier molecular flexibility index (Phi) is 11.2. The van der Waals surface area contributed by atoms with Gasteiger partial charge in [0.05, 0.1) is 6.61 Å². The number of nitrogens with one attached hydrogen (secondary N) is 3. The summed E-state index contributed by atoms with van der Waals surface area (Å²) in [6, 6.07) is 9.48. The summed E-state index contributed by atoms with van der Waals surface area (Å²) in [7, 11) is 0. The molecule has 0 aliphatic rings. The van der Waals surface area contributed by atoms with Gasteiger partial charge in [-0.3, -0.25) is 9.59 Å². The second-order valence-electron chi connectivity index (χ2n) is 7.50. The van der Waals surface area contributed by atoms with Gasteiger partial charge in [-0.15, -0.1) is 0 Å². The second kappa shape index (κ2) is 13.4. The van der Waals surface area contributed by atoms with Crippen LogP contribution < -0.4 is 20.7 Å². The van der Waals surface area contributed by atoms with E-state index in [4.69, 9.17) is 9.47 Å². The number of hydrogen-bond acceptors (Lipinski definition) is 5. The third kappa shape index (κ3) is 14.0. The lowest BCUT2D eigenvalue weighted by Gasteiger charge is -2.19. The molecule has 162 valence electrons. The first kappa shape index (κ1) is 24.3. The van der Waals surface area contributed by atoms with Crippen molar-refractivity contribution in [1.82, 2.24) is 16.0 Å². The van der Waals surface area contributed by atoms with Crippen LogP contribution in [0.1, 0.15) is 46.5 Å². The maximum absolute atomic E-state index is 11.7. The van der Waals surface area contributed by atoms with Gasteiger partial charge in [0.25, 0.3) is 0 Å². The first-order valence-corrected chi connectivity index (χ1v) is 9.94. The summed E-state index contributed by atoms with van der Waals surface area (Å²) in [5.41, 5.74) is -0.564. The van der Waals surface area contributed by atoms with E-state index in [9.17, 15) is 14.4 Å². The molecule has 1 aromatic rings. The van der Waals surface area contributed by atoms with Crippen molar-refractivity contribution in [2.24, 2.45) is 0 Å². The number of ether oxygens (including phenoxy) is 2. The van der Waals surface area contributed by atoms with Crippen molar-refractivity contribution in [2.45, 2.75) is 52.1 Å². The smallest absolute Gasteiger partial charge is 0.407 e. The molecule has 0 bridgehead atoms. The highest BCUT2D eigenvalue weighted by Crippen LogP contribution is 2.08. The zero-order chi connectivity index (χ0) is 21.5. The SMILES string of the molecule is CC(C)(C)OC(=O)NCCC(=O)NCCCNC(=O)CCCOc1ccccc1. The van der Waals surface area contributed by atoms with Gasteiger partial charge in [-0.2, -0.15) is 0 Å². The lowest BCUT2D eigenvalue weighted by molar-refractivity contribution is -0.121. The average molecular weight is 408 g/mol. The van der Waals surface area contributed by atoms with E-state index < -0.39 is 11.7 Å². The van der Waals surface area contributed by atoms with E-state index in [-0.39, 0.29) is 24.8 Å². The van der Waals surface area contributed by atoms with Gasteiger partial charge < -0.3 is 25.4 Å². The summed E-state index contributed by atoms with van der Waals surface area (Å²) in [6.07, 6.45) is 1.31. The van der Waals surface area contributed by atoms with E-state index in [0.29, 0.717) is 39.0 Å². The fourth-order valence-corrected chi connectivity index (χ4v) is 2.25. The zero-order valence-corrected chi connectivity index (χ0v) is 17.6. The average Bonchev–Trinajstić information content (AvgIpc) is 2.64. The van der Waals surface area contributed by atoms with Crippen molar-refractivity contribution in [1.29, 1.82) is 0 Å². The van der Waals surface area contributed by atoms with E-state index in [2.05, 4.69) is 16.0 Å². The van der Waals surface area contributed by atoms with Gasteiger partial charge in [0.1, 0.15) is 11.4 Å². The Hall–Kier alpha value is -2.77. The summed E-state index contributed by atoms with van der Waals surface area (Å²) < 4.78 is 10.6. The van der Waals surface area contributed by atoms with Crippen LogP contribution in [0.5, 0.6) is 5.75 Å². The summed E-state index contributed by atoms with van der Waals surface area (Å²) in [5, 5.41) is 8.09. The Morgan fingerprint density at radius 2 is 1.45 bits per heavy atom. The predicted molar refractivity (Wildman–Crippen MR) is 111 cm³/mol. The first-order valence-electron chi connectivity index (χ1n) is 9.94. The zero-order valence-electron chi connectivity index (χ0n) is 17.6. The van der Waals surface area contributed by atoms with Crippen molar-refractivity contribution < 1.29 is 23.9 Å². The largest absolute Gasteiger partial charge is 0.494 e. The molecule has 3 N–H and O–H groups in total. The van der Waals surface area contributed by atoms with Crippen LogP contribution in [0.4, 0.5) is 4.79 Å². The molecule has 0 saturated heterocycles. The fraction of sp³-hybridized carbons (Fsp3) is 0.571. The van der Waals surface area contributed by atoms with Crippen LogP contribution in [0.2, 0.25) is 0 Å². The normalized spacial score (nSPS) is 10.7. The minimum atomic E-state index is -0.564. The maximum Gasteiger partial charge on any atom is 0.407 e. The Morgan fingerprint density at radius 1 is 0.828 bits per heavy atom. The molecule has 0 atom stereocenters. The number of rotatable bonds is 12. The summed E-state index contributed by atoms with van der Waals surface area (Å²) in [5.74, 6) is 0.602.